The number of carbonyl (C=O) groups is 1. The molecule has 98 valence electrons. The van der Waals surface area contributed by atoms with Crippen molar-refractivity contribution in [1.82, 2.24) is 0 Å². The van der Waals surface area contributed by atoms with E-state index < -0.39 is 0 Å². The van der Waals surface area contributed by atoms with Gasteiger partial charge in [0.1, 0.15) is 5.75 Å². The first-order chi connectivity index (χ1) is 8.70. The van der Waals surface area contributed by atoms with E-state index in [4.69, 9.17) is 10.5 Å². The number of carbonyl (C=O) groups excluding carboxylic acids is 1. The highest BCUT2D eigenvalue weighted by Gasteiger charge is 2.21. The summed E-state index contributed by atoms with van der Waals surface area (Å²) in [7, 11) is 1.58. The predicted molar refractivity (Wildman–Crippen MR) is 72.6 cm³/mol. The van der Waals surface area contributed by atoms with Crippen molar-refractivity contribution in [2.45, 2.75) is 32.1 Å². The van der Waals surface area contributed by atoms with Crippen molar-refractivity contribution in [1.29, 1.82) is 0 Å². The molecule has 0 aromatic heterocycles. The molecule has 1 aromatic carbocycles. The van der Waals surface area contributed by atoms with Crippen LogP contribution in [0.25, 0.3) is 0 Å². The first kappa shape index (κ1) is 12.7. The number of benzene rings is 1. The van der Waals surface area contributed by atoms with Crippen LogP contribution in [0.2, 0.25) is 0 Å². The molecule has 18 heavy (non-hydrogen) atoms. The summed E-state index contributed by atoms with van der Waals surface area (Å²) in [6.45, 7) is 0. The van der Waals surface area contributed by atoms with E-state index in [0.29, 0.717) is 11.4 Å². The molecule has 2 rings (SSSR count). The van der Waals surface area contributed by atoms with Crippen LogP contribution < -0.4 is 15.8 Å². The molecule has 0 aliphatic heterocycles. The Morgan fingerprint density at radius 3 is 2.67 bits per heavy atom. The van der Waals surface area contributed by atoms with Gasteiger partial charge in [0.05, 0.1) is 12.8 Å². The second kappa shape index (κ2) is 5.76. The molecule has 0 heterocycles. The van der Waals surface area contributed by atoms with Crippen LogP contribution in [0, 0.1) is 5.92 Å². The second-order valence-electron chi connectivity index (χ2n) is 4.78. The van der Waals surface area contributed by atoms with Gasteiger partial charge in [-0.25, -0.2) is 0 Å². The average Bonchev–Trinajstić information content (AvgIpc) is 2.40. The van der Waals surface area contributed by atoms with E-state index in [0.717, 1.165) is 31.4 Å². The molecule has 1 amide bonds. The van der Waals surface area contributed by atoms with Gasteiger partial charge in [-0.1, -0.05) is 19.3 Å². The Balaban J connectivity index is 2.00. The molecule has 1 aromatic rings. The van der Waals surface area contributed by atoms with Crippen molar-refractivity contribution < 1.29 is 9.53 Å². The minimum absolute atomic E-state index is 0.110. The molecule has 3 N–H and O–H groups in total. The van der Waals surface area contributed by atoms with E-state index >= 15 is 0 Å². The number of anilines is 2. The van der Waals surface area contributed by atoms with Crippen LogP contribution in [0.5, 0.6) is 5.75 Å². The molecule has 0 radical (unpaired) electrons. The molecule has 1 saturated carbocycles. The van der Waals surface area contributed by atoms with Crippen molar-refractivity contribution in [3.63, 3.8) is 0 Å². The lowest BCUT2D eigenvalue weighted by atomic mass is 9.88. The van der Waals surface area contributed by atoms with E-state index in [1.807, 2.05) is 6.07 Å². The number of nitrogens with two attached hydrogens (primary N) is 1. The van der Waals surface area contributed by atoms with E-state index in [9.17, 15) is 4.79 Å². The largest absolute Gasteiger partial charge is 0.495 e. The van der Waals surface area contributed by atoms with Crippen molar-refractivity contribution in [2.75, 3.05) is 18.2 Å². The molecular formula is C14H20N2O2. The third kappa shape index (κ3) is 2.94. The second-order valence-corrected chi connectivity index (χ2v) is 4.78. The predicted octanol–water partition coefficient (Wildman–Crippen LogP) is 2.80. The molecule has 0 bridgehead atoms. The zero-order valence-corrected chi connectivity index (χ0v) is 10.7. The maximum absolute atomic E-state index is 12.1. The smallest absolute Gasteiger partial charge is 0.227 e. The lowest BCUT2D eigenvalue weighted by molar-refractivity contribution is -0.120. The van der Waals surface area contributed by atoms with Gasteiger partial charge in [-0.05, 0) is 31.0 Å². The zero-order chi connectivity index (χ0) is 13.0. The van der Waals surface area contributed by atoms with E-state index in [-0.39, 0.29) is 11.8 Å². The maximum Gasteiger partial charge on any atom is 0.227 e. The van der Waals surface area contributed by atoms with E-state index in [1.165, 1.54) is 6.42 Å². The van der Waals surface area contributed by atoms with Gasteiger partial charge in [-0.15, -0.1) is 0 Å². The quantitative estimate of drug-likeness (QED) is 0.808. The van der Waals surface area contributed by atoms with Gasteiger partial charge in [0.25, 0.3) is 0 Å². The number of nitrogen functional groups attached to an aromatic ring is 1. The van der Waals surface area contributed by atoms with Crippen LogP contribution >= 0.6 is 0 Å². The highest BCUT2D eigenvalue weighted by Crippen LogP contribution is 2.27. The Morgan fingerprint density at radius 1 is 1.33 bits per heavy atom. The van der Waals surface area contributed by atoms with Crippen LogP contribution in [0.4, 0.5) is 11.4 Å². The molecule has 1 aliphatic rings. The normalized spacial score (nSPS) is 16.3. The van der Waals surface area contributed by atoms with Gasteiger partial charge >= 0.3 is 0 Å². The lowest BCUT2D eigenvalue weighted by Crippen LogP contribution is -2.24. The average molecular weight is 248 g/mol. The van der Waals surface area contributed by atoms with Crippen LogP contribution in [0.1, 0.15) is 32.1 Å². The summed E-state index contributed by atoms with van der Waals surface area (Å²) >= 11 is 0. The molecule has 1 fully saturated rings. The Labute approximate surface area is 108 Å². The van der Waals surface area contributed by atoms with Gasteiger partial charge in [0, 0.05) is 11.6 Å². The molecule has 4 nitrogen and oxygen atoms in total. The Morgan fingerprint density at radius 2 is 2.06 bits per heavy atom. The third-order valence-electron chi connectivity index (χ3n) is 3.47. The fraction of sp³-hybridized carbons (Fsp3) is 0.500. The number of ether oxygens (including phenoxy) is 1. The summed E-state index contributed by atoms with van der Waals surface area (Å²) < 4.78 is 5.08. The van der Waals surface area contributed by atoms with Gasteiger partial charge < -0.3 is 15.8 Å². The minimum atomic E-state index is 0.110. The van der Waals surface area contributed by atoms with Crippen LogP contribution in [0.15, 0.2) is 18.2 Å². The molecule has 0 unspecified atom stereocenters. The summed E-state index contributed by atoms with van der Waals surface area (Å²) in [6, 6.07) is 5.32. The number of hydrogen-bond donors (Lipinski definition) is 2. The molecule has 0 spiro atoms. The Bertz CT molecular complexity index is 426. The molecular weight excluding hydrogens is 228 g/mol. The number of rotatable bonds is 3. The standard InChI is InChI=1S/C14H20N2O2/c1-18-13-8-7-11(9-12(13)15)16-14(17)10-5-3-2-4-6-10/h7-10H,2-6,15H2,1H3,(H,16,17). The van der Waals surface area contributed by atoms with Crippen LogP contribution in [0.3, 0.4) is 0 Å². The first-order valence-corrected chi connectivity index (χ1v) is 6.45. The molecule has 0 atom stereocenters. The summed E-state index contributed by atoms with van der Waals surface area (Å²) in [5, 5.41) is 2.93. The van der Waals surface area contributed by atoms with Gasteiger partial charge in [-0.2, -0.15) is 0 Å². The van der Waals surface area contributed by atoms with Crippen LogP contribution in [-0.2, 0) is 4.79 Å². The number of hydrogen-bond acceptors (Lipinski definition) is 3. The summed E-state index contributed by atoms with van der Waals surface area (Å²) in [5.74, 6) is 0.895. The Hall–Kier alpha value is -1.71. The van der Waals surface area contributed by atoms with Gasteiger partial charge in [0.15, 0.2) is 0 Å². The molecule has 1 aliphatic carbocycles. The number of amides is 1. The molecule has 4 heteroatoms. The minimum Gasteiger partial charge on any atom is -0.495 e. The van der Waals surface area contributed by atoms with Gasteiger partial charge in [0.2, 0.25) is 5.91 Å². The zero-order valence-electron chi connectivity index (χ0n) is 10.7. The number of nitrogens with one attached hydrogen (secondary N) is 1. The van der Waals surface area contributed by atoms with Gasteiger partial charge in [-0.3, -0.25) is 4.79 Å². The monoisotopic (exact) mass is 248 g/mol. The highest BCUT2D eigenvalue weighted by atomic mass is 16.5. The summed E-state index contributed by atoms with van der Waals surface area (Å²) in [4.78, 5) is 12.1. The van der Waals surface area contributed by atoms with Crippen molar-refractivity contribution >= 4 is 17.3 Å². The van der Waals surface area contributed by atoms with Crippen molar-refractivity contribution in [3.8, 4) is 5.75 Å². The van der Waals surface area contributed by atoms with E-state index in [1.54, 1.807) is 19.2 Å². The Kier molecular flexibility index (Phi) is 4.07. The fourth-order valence-corrected chi connectivity index (χ4v) is 2.42. The number of methoxy groups -OCH3 is 1. The third-order valence-corrected chi connectivity index (χ3v) is 3.47. The molecule has 0 saturated heterocycles. The first-order valence-electron chi connectivity index (χ1n) is 6.45. The topological polar surface area (TPSA) is 64.3 Å². The van der Waals surface area contributed by atoms with Crippen molar-refractivity contribution in [2.24, 2.45) is 5.92 Å². The van der Waals surface area contributed by atoms with E-state index in [2.05, 4.69) is 5.32 Å². The van der Waals surface area contributed by atoms with Crippen molar-refractivity contribution in [3.05, 3.63) is 18.2 Å². The highest BCUT2D eigenvalue weighted by molar-refractivity contribution is 5.93. The lowest BCUT2D eigenvalue weighted by Gasteiger charge is -2.20. The van der Waals surface area contributed by atoms with Crippen LogP contribution in [-0.4, -0.2) is 13.0 Å². The fourth-order valence-electron chi connectivity index (χ4n) is 2.42. The summed E-state index contributed by atoms with van der Waals surface area (Å²) in [5.41, 5.74) is 7.09. The maximum atomic E-state index is 12.1. The summed E-state index contributed by atoms with van der Waals surface area (Å²) in [6.07, 6.45) is 5.56. The SMILES string of the molecule is COc1ccc(NC(=O)C2CCCCC2)cc1N.